The minimum Gasteiger partial charge on any atom is -0.396 e. The molecule has 0 bridgehead atoms. The van der Waals surface area contributed by atoms with Crippen LogP contribution in [0.4, 0.5) is 0 Å². The van der Waals surface area contributed by atoms with Crippen LogP contribution >= 0.6 is 0 Å². The van der Waals surface area contributed by atoms with Crippen LogP contribution in [0.25, 0.3) is 6.08 Å². The van der Waals surface area contributed by atoms with Crippen LogP contribution in [0.15, 0.2) is 36.4 Å². The van der Waals surface area contributed by atoms with E-state index in [9.17, 15) is 4.79 Å². The average molecular weight is 245 g/mol. The number of hydrogen-bond donors (Lipinski definition) is 2. The molecule has 3 nitrogen and oxygen atoms in total. The summed E-state index contributed by atoms with van der Waals surface area (Å²) < 4.78 is 0. The molecule has 1 aliphatic rings. The standard InChI is InChI=1S/C15H19NO2/c17-11-10-15(8-9-15)12-16-14(18)7-6-13-4-2-1-3-5-13/h1-7,17H,8-12H2,(H,16,18)/b7-6+. The van der Waals surface area contributed by atoms with Crippen molar-refractivity contribution in [2.45, 2.75) is 19.3 Å². The van der Waals surface area contributed by atoms with E-state index in [4.69, 9.17) is 5.11 Å². The van der Waals surface area contributed by atoms with Gasteiger partial charge in [0.1, 0.15) is 0 Å². The van der Waals surface area contributed by atoms with Gasteiger partial charge in [-0.2, -0.15) is 0 Å². The number of aliphatic hydroxyl groups is 1. The van der Waals surface area contributed by atoms with Crippen molar-refractivity contribution in [3.8, 4) is 0 Å². The molecule has 0 atom stereocenters. The van der Waals surface area contributed by atoms with Crippen LogP contribution in [0.3, 0.4) is 0 Å². The van der Waals surface area contributed by atoms with Crippen LogP contribution in [0, 0.1) is 5.41 Å². The molecule has 1 amide bonds. The van der Waals surface area contributed by atoms with Crippen LogP contribution in [0.1, 0.15) is 24.8 Å². The number of nitrogens with one attached hydrogen (secondary N) is 1. The van der Waals surface area contributed by atoms with Gasteiger partial charge in [0.25, 0.3) is 0 Å². The van der Waals surface area contributed by atoms with E-state index in [1.807, 2.05) is 30.3 Å². The van der Waals surface area contributed by atoms with Crippen molar-refractivity contribution >= 4 is 12.0 Å². The van der Waals surface area contributed by atoms with Gasteiger partial charge in [-0.3, -0.25) is 4.79 Å². The van der Waals surface area contributed by atoms with E-state index in [0.717, 1.165) is 24.8 Å². The lowest BCUT2D eigenvalue weighted by molar-refractivity contribution is -0.116. The fourth-order valence-electron chi connectivity index (χ4n) is 2.00. The lowest BCUT2D eigenvalue weighted by atomic mass is 10.0. The normalized spacial score (nSPS) is 16.7. The summed E-state index contributed by atoms with van der Waals surface area (Å²) in [5.41, 5.74) is 1.19. The molecule has 1 saturated carbocycles. The van der Waals surface area contributed by atoms with E-state index in [1.54, 1.807) is 12.2 Å². The fraction of sp³-hybridized carbons (Fsp3) is 0.400. The highest BCUT2D eigenvalue weighted by atomic mass is 16.3. The Kier molecular flexibility index (Phi) is 4.15. The molecule has 18 heavy (non-hydrogen) atoms. The Morgan fingerprint density at radius 2 is 2.06 bits per heavy atom. The second-order valence-corrected chi connectivity index (χ2v) is 4.94. The zero-order valence-corrected chi connectivity index (χ0v) is 10.4. The van der Waals surface area contributed by atoms with Crippen molar-refractivity contribution < 1.29 is 9.90 Å². The summed E-state index contributed by atoms with van der Waals surface area (Å²) in [7, 11) is 0. The van der Waals surface area contributed by atoms with Crippen molar-refractivity contribution in [1.82, 2.24) is 5.32 Å². The predicted octanol–water partition coefficient (Wildman–Crippen LogP) is 1.98. The molecular weight excluding hydrogens is 226 g/mol. The van der Waals surface area contributed by atoms with E-state index >= 15 is 0 Å². The third kappa shape index (κ3) is 3.70. The monoisotopic (exact) mass is 245 g/mol. The van der Waals surface area contributed by atoms with E-state index in [0.29, 0.717) is 6.54 Å². The molecule has 0 radical (unpaired) electrons. The zero-order chi connectivity index (χ0) is 12.8. The summed E-state index contributed by atoms with van der Waals surface area (Å²) in [6, 6.07) is 9.75. The number of benzene rings is 1. The van der Waals surface area contributed by atoms with Crippen molar-refractivity contribution in [2.24, 2.45) is 5.41 Å². The first-order chi connectivity index (χ1) is 8.74. The van der Waals surface area contributed by atoms with E-state index in [2.05, 4.69) is 5.32 Å². The van der Waals surface area contributed by atoms with Crippen LogP contribution in [0.2, 0.25) is 0 Å². The molecule has 2 rings (SSSR count). The lowest BCUT2D eigenvalue weighted by Gasteiger charge is -2.13. The smallest absolute Gasteiger partial charge is 0.244 e. The van der Waals surface area contributed by atoms with Crippen molar-refractivity contribution in [1.29, 1.82) is 0 Å². The van der Waals surface area contributed by atoms with Gasteiger partial charge in [0.2, 0.25) is 5.91 Å². The zero-order valence-electron chi connectivity index (χ0n) is 10.4. The highest BCUT2D eigenvalue weighted by molar-refractivity contribution is 5.91. The Labute approximate surface area is 108 Å². The first-order valence-corrected chi connectivity index (χ1v) is 6.36. The van der Waals surface area contributed by atoms with Crippen LogP contribution < -0.4 is 5.32 Å². The predicted molar refractivity (Wildman–Crippen MR) is 71.9 cm³/mol. The number of hydrogen-bond acceptors (Lipinski definition) is 2. The summed E-state index contributed by atoms with van der Waals surface area (Å²) in [5, 5.41) is 11.8. The molecule has 0 unspecified atom stereocenters. The molecule has 1 aromatic rings. The van der Waals surface area contributed by atoms with Crippen LogP contribution in [-0.4, -0.2) is 24.2 Å². The maximum atomic E-state index is 11.6. The van der Waals surface area contributed by atoms with Crippen LogP contribution in [0.5, 0.6) is 0 Å². The van der Waals surface area contributed by atoms with Gasteiger partial charge < -0.3 is 10.4 Å². The summed E-state index contributed by atoms with van der Waals surface area (Å²) in [5.74, 6) is -0.0666. The second kappa shape index (κ2) is 5.83. The van der Waals surface area contributed by atoms with Crippen molar-refractivity contribution in [3.63, 3.8) is 0 Å². The topological polar surface area (TPSA) is 49.3 Å². The van der Waals surface area contributed by atoms with Crippen molar-refractivity contribution in [3.05, 3.63) is 42.0 Å². The Balaban J connectivity index is 1.77. The minimum atomic E-state index is -0.0666. The lowest BCUT2D eigenvalue weighted by Crippen LogP contribution is -2.29. The van der Waals surface area contributed by atoms with Crippen molar-refractivity contribution in [2.75, 3.05) is 13.2 Å². The highest BCUT2D eigenvalue weighted by Gasteiger charge is 2.41. The summed E-state index contributed by atoms with van der Waals surface area (Å²) in [6.07, 6.45) is 6.37. The second-order valence-electron chi connectivity index (χ2n) is 4.94. The Hall–Kier alpha value is -1.61. The molecule has 0 aromatic heterocycles. The average Bonchev–Trinajstić information content (AvgIpc) is 3.16. The quantitative estimate of drug-likeness (QED) is 0.753. The molecule has 96 valence electrons. The first kappa shape index (κ1) is 12.8. The van der Waals surface area contributed by atoms with E-state index in [-0.39, 0.29) is 17.9 Å². The van der Waals surface area contributed by atoms with Gasteiger partial charge in [-0.1, -0.05) is 30.3 Å². The Morgan fingerprint density at radius 1 is 1.33 bits per heavy atom. The molecule has 1 aromatic carbocycles. The van der Waals surface area contributed by atoms with Gasteiger partial charge in [0.15, 0.2) is 0 Å². The fourth-order valence-corrected chi connectivity index (χ4v) is 2.00. The maximum Gasteiger partial charge on any atom is 0.244 e. The highest BCUT2D eigenvalue weighted by Crippen LogP contribution is 2.47. The first-order valence-electron chi connectivity index (χ1n) is 6.36. The molecule has 0 saturated heterocycles. The van der Waals surface area contributed by atoms with Gasteiger partial charge in [0.05, 0.1) is 0 Å². The number of aliphatic hydroxyl groups excluding tert-OH is 1. The summed E-state index contributed by atoms with van der Waals surface area (Å²) in [4.78, 5) is 11.6. The molecule has 2 N–H and O–H groups in total. The third-order valence-corrected chi connectivity index (χ3v) is 3.46. The number of rotatable bonds is 6. The number of amides is 1. The Bertz CT molecular complexity index is 421. The van der Waals surface area contributed by atoms with E-state index < -0.39 is 0 Å². The molecule has 0 heterocycles. The molecule has 0 aliphatic heterocycles. The molecule has 1 aliphatic carbocycles. The van der Waals surface area contributed by atoms with Gasteiger partial charge in [-0.05, 0) is 36.3 Å². The Morgan fingerprint density at radius 3 is 2.67 bits per heavy atom. The number of carbonyl (C=O) groups excluding carboxylic acids is 1. The van der Waals surface area contributed by atoms with Crippen LogP contribution in [-0.2, 0) is 4.79 Å². The molecular formula is C15H19NO2. The van der Waals surface area contributed by atoms with Gasteiger partial charge in [-0.25, -0.2) is 0 Å². The van der Waals surface area contributed by atoms with Gasteiger partial charge >= 0.3 is 0 Å². The van der Waals surface area contributed by atoms with Gasteiger partial charge in [0, 0.05) is 19.2 Å². The molecule has 0 spiro atoms. The minimum absolute atomic E-state index is 0.0666. The van der Waals surface area contributed by atoms with Gasteiger partial charge in [-0.15, -0.1) is 0 Å². The maximum absolute atomic E-state index is 11.6. The largest absolute Gasteiger partial charge is 0.396 e. The van der Waals surface area contributed by atoms with E-state index in [1.165, 1.54) is 0 Å². The summed E-state index contributed by atoms with van der Waals surface area (Å²) in [6.45, 7) is 0.876. The number of carbonyl (C=O) groups is 1. The third-order valence-electron chi connectivity index (χ3n) is 3.46. The molecule has 1 fully saturated rings. The SMILES string of the molecule is O=C(/C=C/c1ccccc1)NCC1(CCO)CC1. The summed E-state index contributed by atoms with van der Waals surface area (Å²) >= 11 is 0. The molecule has 3 heteroatoms.